The standard InChI is InChI=1S/C18H11ClFN5O/c19-14-4-10(13-8-22-2-1-9(13)7-21)3-11-5-16(24-25-17(11)14)23-18(26)12-6-15(12)20/h1-5,8,12,15H,6H2,(H,23,24,26). The molecule has 2 atom stereocenters. The number of carbonyl (C=O) groups is 1. The first-order valence-electron chi connectivity index (χ1n) is 7.83. The molecule has 1 fully saturated rings. The van der Waals surface area contributed by atoms with E-state index in [4.69, 9.17) is 11.6 Å². The van der Waals surface area contributed by atoms with E-state index >= 15 is 0 Å². The highest BCUT2D eigenvalue weighted by atomic mass is 35.5. The summed E-state index contributed by atoms with van der Waals surface area (Å²) < 4.78 is 13.0. The van der Waals surface area contributed by atoms with Crippen molar-refractivity contribution in [1.29, 1.82) is 5.26 Å². The molecule has 0 saturated heterocycles. The normalized spacial score (nSPS) is 18.3. The molecule has 0 spiro atoms. The zero-order chi connectivity index (χ0) is 18.3. The number of nitrogens with one attached hydrogen (secondary N) is 1. The summed E-state index contributed by atoms with van der Waals surface area (Å²) in [5, 5.41) is 20.8. The molecule has 0 bridgehead atoms. The molecule has 8 heteroatoms. The number of carbonyl (C=O) groups excluding carboxylic acids is 1. The fourth-order valence-corrected chi connectivity index (χ4v) is 2.97. The maximum Gasteiger partial charge on any atom is 0.231 e. The molecule has 2 aromatic heterocycles. The molecule has 1 aliphatic carbocycles. The van der Waals surface area contributed by atoms with Gasteiger partial charge in [0.2, 0.25) is 5.91 Å². The van der Waals surface area contributed by atoms with Crippen molar-refractivity contribution in [2.24, 2.45) is 5.92 Å². The van der Waals surface area contributed by atoms with E-state index in [0.717, 1.165) is 0 Å². The third kappa shape index (κ3) is 2.95. The monoisotopic (exact) mass is 367 g/mol. The molecule has 1 saturated carbocycles. The quantitative estimate of drug-likeness (QED) is 0.764. The van der Waals surface area contributed by atoms with E-state index in [1.165, 1.54) is 0 Å². The van der Waals surface area contributed by atoms with Crippen LogP contribution in [0.4, 0.5) is 10.2 Å². The van der Waals surface area contributed by atoms with Gasteiger partial charge in [0.25, 0.3) is 0 Å². The van der Waals surface area contributed by atoms with E-state index in [1.54, 1.807) is 36.7 Å². The first-order chi connectivity index (χ1) is 12.6. The predicted molar refractivity (Wildman–Crippen MR) is 94.1 cm³/mol. The summed E-state index contributed by atoms with van der Waals surface area (Å²) >= 11 is 6.30. The van der Waals surface area contributed by atoms with Crippen molar-refractivity contribution in [3.8, 4) is 17.2 Å². The number of aromatic nitrogens is 3. The van der Waals surface area contributed by atoms with Gasteiger partial charge in [-0.3, -0.25) is 9.78 Å². The molecule has 6 nitrogen and oxygen atoms in total. The summed E-state index contributed by atoms with van der Waals surface area (Å²) in [5.41, 5.74) is 2.27. The lowest BCUT2D eigenvalue weighted by Gasteiger charge is -2.08. The molecular formula is C18H11ClFN5O. The topological polar surface area (TPSA) is 91.6 Å². The number of rotatable bonds is 3. The molecule has 1 N–H and O–H groups in total. The number of hydrogen-bond acceptors (Lipinski definition) is 5. The van der Waals surface area contributed by atoms with Gasteiger partial charge in [-0.25, -0.2) is 4.39 Å². The van der Waals surface area contributed by atoms with Gasteiger partial charge in [-0.1, -0.05) is 11.6 Å². The minimum absolute atomic E-state index is 0.224. The van der Waals surface area contributed by atoms with E-state index in [-0.39, 0.29) is 12.2 Å². The predicted octanol–water partition coefficient (Wildman–Crippen LogP) is 3.51. The van der Waals surface area contributed by atoms with Crippen molar-refractivity contribution in [1.82, 2.24) is 15.2 Å². The van der Waals surface area contributed by atoms with Gasteiger partial charge in [-0.2, -0.15) is 5.26 Å². The molecule has 0 aliphatic heterocycles. The third-order valence-electron chi connectivity index (χ3n) is 4.20. The highest BCUT2D eigenvalue weighted by molar-refractivity contribution is 6.35. The van der Waals surface area contributed by atoms with Crippen LogP contribution in [0.5, 0.6) is 0 Å². The highest BCUT2D eigenvalue weighted by Gasteiger charge is 2.43. The molecule has 0 radical (unpaired) electrons. The average Bonchev–Trinajstić information content (AvgIpc) is 3.38. The summed E-state index contributed by atoms with van der Waals surface area (Å²) in [7, 11) is 0. The second-order valence-corrected chi connectivity index (χ2v) is 6.41. The third-order valence-corrected chi connectivity index (χ3v) is 4.48. The van der Waals surface area contributed by atoms with Crippen molar-refractivity contribution in [2.45, 2.75) is 12.6 Å². The SMILES string of the molecule is N#Cc1ccncc1-c1cc(Cl)c2nnc(NC(=O)C3CC3F)cc2c1. The summed E-state index contributed by atoms with van der Waals surface area (Å²) in [6, 6.07) is 8.83. The zero-order valence-corrected chi connectivity index (χ0v) is 14.0. The van der Waals surface area contributed by atoms with Crippen LogP contribution in [0.1, 0.15) is 12.0 Å². The molecule has 26 heavy (non-hydrogen) atoms. The first kappa shape index (κ1) is 16.4. The van der Waals surface area contributed by atoms with Crippen LogP contribution in [-0.2, 0) is 4.79 Å². The van der Waals surface area contributed by atoms with E-state index in [1.807, 2.05) is 0 Å². The summed E-state index contributed by atoms with van der Waals surface area (Å²) in [6.45, 7) is 0. The maximum atomic E-state index is 13.0. The molecule has 1 aliphatic rings. The number of fused-ring (bicyclic) bond motifs is 1. The van der Waals surface area contributed by atoms with Crippen LogP contribution < -0.4 is 5.32 Å². The number of amides is 1. The Kier molecular flexibility index (Phi) is 3.98. The molecule has 4 rings (SSSR count). The summed E-state index contributed by atoms with van der Waals surface area (Å²) in [5.74, 6) is -0.801. The van der Waals surface area contributed by atoms with Gasteiger partial charge in [0.1, 0.15) is 11.7 Å². The second-order valence-electron chi connectivity index (χ2n) is 6.01. The Morgan fingerprint density at radius 3 is 2.88 bits per heavy atom. The smallest absolute Gasteiger partial charge is 0.231 e. The van der Waals surface area contributed by atoms with Gasteiger partial charge < -0.3 is 5.32 Å². The Balaban J connectivity index is 1.75. The summed E-state index contributed by atoms with van der Waals surface area (Å²) in [4.78, 5) is 15.9. The summed E-state index contributed by atoms with van der Waals surface area (Å²) in [6.07, 6.45) is 2.28. The van der Waals surface area contributed by atoms with Gasteiger partial charge in [-0.15, -0.1) is 10.2 Å². The van der Waals surface area contributed by atoms with E-state index in [2.05, 4.69) is 26.6 Å². The number of benzene rings is 1. The van der Waals surface area contributed by atoms with Crippen LogP contribution in [0.2, 0.25) is 5.02 Å². The van der Waals surface area contributed by atoms with Crippen molar-refractivity contribution in [3.05, 3.63) is 47.2 Å². The number of nitriles is 1. The molecule has 2 heterocycles. The van der Waals surface area contributed by atoms with Crippen LogP contribution in [0.15, 0.2) is 36.7 Å². The van der Waals surface area contributed by atoms with E-state index < -0.39 is 18.0 Å². The first-order valence-corrected chi connectivity index (χ1v) is 8.21. The number of hydrogen-bond donors (Lipinski definition) is 1. The van der Waals surface area contributed by atoms with Crippen molar-refractivity contribution in [3.63, 3.8) is 0 Å². The maximum absolute atomic E-state index is 13.0. The van der Waals surface area contributed by atoms with Crippen LogP contribution in [0.25, 0.3) is 22.0 Å². The number of halogens is 2. The molecule has 1 amide bonds. The van der Waals surface area contributed by atoms with Crippen LogP contribution in [0.3, 0.4) is 0 Å². The lowest BCUT2D eigenvalue weighted by molar-refractivity contribution is -0.117. The molecule has 2 unspecified atom stereocenters. The number of alkyl halides is 1. The molecule has 128 valence electrons. The van der Waals surface area contributed by atoms with Crippen LogP contribution in [-0.4, -0.2) is 27.3 Å². The largest absolute Gasteiger partial charge is 0.309 e. The van der Waals surface area contributed by atoms with E-state index in [0.29, 0.717) is 32.6 Å². The molecular weight excluding hydrogens is 357 g/mol. The van der Waals surface area contributed by atoms with Gasteiger partial charge >= 0.3 is 0 Å². The molecule has 3 aromatic rings. The Labute approximate surface area is 152 Å². The van der Waals surface area contributed by atoms with Gasteiger partial charge in [0, 0.05) is 23.3 Å². The number of pyridine rings is 1. The van der Waals surface area contributed by atoms with Gasteiger partial charge in [0.15, 0.2) is 5.82 Å². The highest BCUT2D eigenvalue weighted by Crippen LogP contribution is 2.35. The molecule has 1 aromatic carbocycles. The second kappa shape index (κ2) is 6.32. The average molecular weight is 368 g/mol. The minimum Gasteiger partial charge on any atom is -0.309 e. The Morgan fingerprint density at radius 1 is 1.35 bits per heavy atom. The van der Waals surface area contributed by atoms with Gasteiger partial charge in [0.05, 0.1) is 22.6 Å². The van der Waals surface area contributed by atoms with Crippen molar-refractivity contribution < 1.29 is 9.18 Å². The Morgan fingerprint density at radius 2 is 2.15 bits per heavy atom. The van der Waals surface area contributed by atoms with E-state index in [9.17, 15) is 14.4 Å². The number of anilines is 1. The van der Waals surface area contributed by atoms with Gasteiger partial charge in [-0.05, 0) is 36.2 Å². The van der Waals surface area contributed by atoms with Crippen LogP contribution >= 0.6 is 11.6 Å². The minimum atomic E-state index is -1.08. The van der Waals surface area contributed by atoms with Crippen LogP contribution in [0, 0.1) is 17.2 Å². The number of nitrogens with zero attached hydrogens (tertiary/aromatic N) is 4. The lowest BCUT2D eigenvalue weighted by Crippen LogP contribution is -2.16. The fraction of sp³-hybridized carbons (Fsp3) is 0.167. The van der Waals surface area contributed by atoms with Crippen molar-refractivity contribution >= 4 is 34.2 Å². The lowest BCUT2D eigenvalue weighted by atomic mass is 10.0. The zero-order valence-electron chi connectivity index (χ0n) is 13.3. The Hall–Kier alpha value is -3.11. The fourth-order valence-electron chi connectivity index (χ4n) is 2.71. The Bertz CT molecular complexity index is 1080. The van der Waals surface area contributed by atoms with Crippen molar-refractivity contribution in [2.75, 3.05) is 5.32 Å².